The summed E-state index contributed by atoms with van der Waals surface area (Å²) in [4.78, 5) is 29.1. The molecule has 0 amide bonds. The van der Waals surface area contributed by atoms with Crippen molar-refractivity contribution in [2.24, 2.45) is 0 Å². The average molecular weight is 571 g/mol. The summed E-state index contributed by atoms with van der Waals surface area (Å²) in [6, 6.07) is 28.8. The first kappa shape index (κ1) is 27.3. The van der Waals surface area contributed by atoms with E-state index in [0.29, 0.717) is 6.42 Å². The highest BCUT2D eigenvalue weighted by molar-refractivity contribution is 6.01. The van der Waals surface area contributed by atoms with E-state index >= 15 is 0 Å². The van der Waals surface area contributed by atoms with Crippen LogP contribution in [0.2, 0.25) is 0 Å². The van der Waals surface area contributed by atoms with Gasteiger partial charge in [0.2, 0.25) is 0 Å². The predicted molar refractivity (Wildman–Crippen MR) is 176 cm³/mol. The van der Waals surface area contributed by atoms with Gasteiger partial charge in [0.15, 0.2) is 5.78 Å². The average Bonchev–Trinajstić information content (AvgIpc) is 3.66. The summed E-state index contributed by atoms with van der Waals surface area (Å²) in [6.07, 6.45) is 15.6. The number of rotatable bonds is 4. The van der Waals surface area contributed by atoms with Crippen molar-refractivity contribution < 1.29 is 4.79 Å². The molecule has 8 rings (SSSR count). The van der Waals surface area contributed by atoms with Crippen LogP contribution in [0.4, 0.5) is 0 Å². The quantitative estimate of drug-likeness (QED) is 0.212. The molecule has 0 radical (unpaired) electrons. The standard InChI is InChI=1S/C20H16N2.C19H14N2O/c1-14-4-5-16-13-17(6-7-18(14)16)20-19(3-2-10-22-20)15-8-11-21-12-9-15;22-18-6-4-14-12-15(3-5-16(14)18)19-17(2-1-9-21-19)13-7-10-20-11-8-13/h2-4,6-13H,5H2,1H3;1-3,5,7-12H,4,6H2. The maximum atomic E-state index is 11.8. The number of ketones is 1. The van der Waals surface area contributed by atoms with Crippen LogP contribution in [0, 0.1) is 0 Å². The van der Waals surface area contributed by atoms with Crippen LogP contribution in [0.3, 0.4) is 0 Å². The van der Waals surface area contributed by atoms with E-state index in [4.69, 9.17) is 0 Å². The van der Waals surface area contributed by atoms with Gasteiger partial charge in [0, 0.05) is 71.4 Å². The lowest BCUT2D eigenvalue weighted by Crippen LogP contribution is -1.93. The summed E-state index contributed by atoms with van der Waals surface area (Å²) in [6.45, 7) is 2.18. The highest BCUT2D eigenvalue weighted by atomic mass is 16.1. The van der Waals surface area contributed by atoms with E-state index in [1.54, 1.807) is 18.6 Å². The summed E-state index contributed by atoms with van der Waals surface area (Å²) < 4.78 is 0. The second kappa shape index (κ2) is 12.0. The van der Waals surface area contributed by atoms with Crippen LogP contribution < -0.4 is 0 Å². The van der Waals surface area contributed by atoms with Crippen LogP contribution in [-0.2, 0) is 12.8 Å². The molecule has 5 nitrogen and oxygen atoms in total. The molecule has 0 unspecified atom stereocenters. The fourth-order valence-corrected chi connectivity index (χ4v) is 6.07. The molecule has 2 aliphatic rings. The van der Waals surface area contributed by atoms with E-state index in [1.807, 2.05) is 67.1 Å². The van der Waals surface area contributed by atoms with Crippen molar-refractivity contribution in [3.05, 3.63) is 150 Å². The van der Waals surface area contributed by atoms with E-state index in [-0.39, 0.29) is 5.78 Å². The molecule has 0 saturated heterocycles. The summed E-state index contributed by atoms with van der Waals surface area (Å²) >= 11 is 0. The normalized spacial score (nSPS) is 13.0. The fourth-order valence-electron chi connectivity index (χ4n) is 6.07. The topological polar surface area (TPSA) is 68.6 Å². The minimum atomic E-state index is 0.247. The number of nitrogens with zero attached hydrogens (tertiary/aromatic N) is 4. The molecule has 5 heteroatoms. The number of carbonyl (C=O) groups is 1. The number of pyridine rings is 4. The second-order valence-corrected chi connectivity index (χ2v) is 11.0. The van der Waals surface area contributed by atoms with Gasteiger partial charge in [-0.1, -0.05) is 42.5 Å². The Kier molecular flexibility index (Phi) is 7.43. The Labute approximate surface area is 257 Å². The maximum Gasteiger partial charge on any atom is 0.163 e. The lowest BCUT2D eigenvalue weighted by molar-refractivity contribution is 0.0994. The van der Waals surface area contributed by atoms with Crippen LogP contribution in [0.25, 0.3) is 50.3 Å². The third-order valence-corrected chi connectivity index (χ3v) is 8.33. The van der Waals surface area contributed by atoms with E-state index < -0.39 is 0 Å². The molecule has 212 valence electrons. The van der Waals surface area contributed by atoms with Crippen LogP contribution in [-0.4, -0.2) is 25.7 Å². The number of allylic oxidation sites excluding steroid dienone is 2. The molecule has 44 heavy (non-hydrogen) atoms. The number of aromatic nitrogens is 4. The minimum absolute atomic E-state index is 0.247. The first-order valence-electron chi connectivity index (χ1n) is 14.8. The number of fused-ring (bicyclic) bond motifs is 2. The van der Waals surface area contributed by atoms with Crippen molar-refractivity contribution in [2.45, 2.75) is 26.2 Å². The van der Waals surface area contributed by atoms with Crippen molar-refractivity contribution in [1.29, 1.82) is 0 Å². The lowest BCUT2D eigenvalue weighted by atomic mass is 9.96. The molecule has 2 aromatic carbocycles. The van der Waals surface area contributed by atoms with Gasteiger partial charge < -0.3 is 0 Å². The molecule has 0 atom stereocenters. The van der Waals surface area contributed by atoms with Crippen molar-refractivity contribution in [2.75, 3.05) is 0 Å². The fraction of sp³-hybridized carbons (Fsp3) is 0.103. The molecule has 4 heterocycles. The Morgan fingerprint density at radius 1 is 0.523 bits per heavy atom. The highest BCUT2D eigenvalue weighted by Crippen LogP contribution is 2.35. The zero-order valence-electron chi connectivity index (χ0n) is 24.4. The number of carbonyl (C=O) groups excluding carboxylic acids is 1. The summed E-state index contributed by atoms with van der Waals surface area (Å²) in [5.41, 5.74) is 14.8. The van der Waals surface area contributed by atoms with Gasteiger partial charge in [-0.05, 0) is 102 Å². The predicted octanol–water partition coefficient (Wildman–Crippen LogP) is 8.71. The Morgan fingerprint density at radius 2 is 1.07 bits per heavy atom. The summed E-state index contributed by atoms with van der Waals surface area (Å²) in [5, 5.41) is 0. The lowest BCUT2D eigenvalue weighted by Gasteiger charge is -2.10. The van der Waals surface area contributed by atoms with E-state index in [9.17, 15) is 4.79 Å². The molecular formula is C39H30N4O. The maximum absolute atomic E-state index is 11.8. The summed E-state index contributed by atoms with van der Waals surface area (Å²) in [5.74, 6) is 0.247. The number of aryl methyl sites for hydroxylation is 1. The minimum Gasteiger partial charge on any atom is -0.294 e. The highest BCUT2D eigenvalue weighted by Gasteiger charge is 2.20. The molecule has 0 spiro atoms. The number of benzene rings is 2. The SMILES string of the molecule is CC1=CCc2cc(-c3ncccc3-c3ccncc3)ccc21.O=C1CCc2cc(-c3ncccc3-c3ccncc3)ccc21. The van der Waals surface area contributed by atoms with Gasteiger partial charge in [-0.15, -0.1) is 0 Å². The van der Waals surface area contributed by atoms with Crippen LogP contribution >= 0.6 is 0 Å². The smallest absolute Gasteiger partial charge is 0.163 e. The molecule has 0 saturated carbocycles. The van der Waals surface area contributed by atoms with Crippen molar-refractivity contribution >= 4 is 11.4 Å². The van der Waals surface area contributed by atoms with Gasteiger partial charge in [0.1, 0.15) is 0 Å². The van der Waals surface area contributed by atoms with Gasteiger partial charge in [0.25, 0.3) is 0 Å². The molecular weight excluding hydrogens is 540 g/mol. The van der Waals surface area contributed by atoms with Gasteiger partial charge in [-0.3, -0.25) is 24.7 Å². The molecule has 0 bridgehead atoms. The summed E-state index contributed by atoms with van der Waals surface area (Å²) in [7, 11) is 0. The second-order valence-electron chi connectivity index (χ2n) is 11.0. The molecule has 0 fully saturated rings. The number of hydrogen-bond acceptors (Lipinski definition) is 5. The number of hydrogen-bond donors (Lipinski definition) is 0. The monoisotopic (exact) mass is 570 g/mol. The van der Waals surface area contributed by atoms with Gasteiger partial charge in [-0.2, -0.15) is 0 Å². The molecule has 6 aromatic rings. The van der Waals surface area contributed by atoms with Crippen LogP contribution in [0.15, 0.2) is 128 Å². The largest absolute Gasteiger partial charge is 0.294 e. The first-order valence-corrected chi connectivity index (χ1v) is 14.8. The molecule has 4 aromatic heterocycles. The Bertz CT molecular complexity index is 2010. The molecule has 0 N–H and O–H groups in total. The zero-order valence-corrected chi connectivity index (χ0v) is 24.4. The Morgan fingerprint density at radius 3 is 1.66 bits per heavy atom. The van der Waals surface area contributed by atoms with Crippen LogP contribution in [0.1, 0.15) is 40.4 Å². The van der Waals surface area contributed by atoms with E-state index in [2.05, 4.69) is 69.3 Å². The van der Waals surface area contributed by atoms with Crippen LogP contribution in [0.5, 0.6) is 0 Å². The van der Waals surface area contributed by atoms with Gasteiger partial charge in [-0.25, -0.2) is 0 Å². The Balaban J connectivity index is 0.000000142. The van der Waals surface area contributed by atoms with Crippen molar-refractivity contribution in [1.82, 2.24) is 19.9 Å². The van der Waals surface area contributed by atoms with Gasteiger partial charge >= 0.3 is 0 Å². The third-order valence-electron chi connectivity index (χ3n) is 8.33. The third kappa shape index (κ3) is 5.36. The molecule has 2 aliphatic carbocycles. The number of Topliss-reactive ketones (excluding diaryl/α,β-unsaturated/α-hetero) is 1. The van der Waals surface area contributed by atoms with Gasteiger partial charge in [0.05, 0.1) is 11.4 Å². The van der Waals surface area contributed by atoms with E-state index in [1.165, 1.54) is 22.3 Å². The van der Waals surface area contributed by atoms with E-state index in [0.717, 1.165) is 63.2 Å². The van der Waals surface area contributed by atoms with Crippen molar-refractivity contribution in [3.8, 4) is 44.8 Å². The molecule has 0 aliphatic heterocycles. The van der Waals surface area contributed by atoms with Crippen molar-refractivity contribution in [3.63, 3.8) is 0 Å². The Hall–Kier alpha value is -5.55. The zero-order chi connectivity index (χ0) is 29.9. The first-order chi connectivity index (χ1) is 21.7.